The first-order chi connectivity index (χ1) is 14.1. The Morgan fingerprint density at radius 2 is 1.67 bits per heavy atom. The van der Waals surface area contributed by atoms with Crippen LogP contribution in [0.2, 0.25) is 5.02 Å². The average Bonchev–Trinajstić information content (AvgIpc) is 3.11. The van der Waals surface area contributed by atoms with Crippen molar-refractivity contribution in [3.63, 3.8) is 0 Å². The van der Waals surface area contributed by atoms with Gasteiger partial charge in [-0.25, -0.2) is 8.42 Å². The molecule has 10 heteroatoms. The third-order valence-corrected chi connectivity index (χ3v) is 8.10. The maximum atomic E-state index is 13.1. The van der Waals surface area contributed by atoms with Gasteiger partial charge >= 0.3 is 6.18 Å². The molecule has 1 aromatic heterocycles. The molecule has 2 aromatic carbocycles. The van der Waals surface area contributed by atoms with Gasteiger partial charge in [0.05, 0.1) is 16.1 Å². The highest BCUT2D eigenvalue weighted by molar-refractivity contribution is 7.91. The Hall–Kier alpha value is -2.36. The number of thiophene rings is 1. The quantitative estimate of drug-likeness (QED) is 0.530. The lowest BCUT2D eigenvalue weighted by molar-refractivity contribution is -0.137. The van der Waals surface area contributed by atoms with E-state index >= 15 is 0 Å². The van der Waals surface area contributed by atoms with Gasteiger partial charge in [-0.1, -0.05) is 23.7 Å². The minimum absolute atomic E-state index is 0.0132. The van der Waals surface area contributed by atoms with Crippen molar-refractivity contribution in [1.29, 1.82) is 0 Å². The standard InChI is InChI=1S/C20H13ClF3NO3S2/c21-13-5-7-14(8-6-13)30(27,28)16-10-29-19-15(9-17(26)25-18(16)19)11-1-3-12(4-2-11)20(22,23)24/h1-8,10,15H,9H2,(H,25,26). The first-order valence-electron chi connectivity index (χ1n) is 8.66. The van der Waals surface area contributed by atoms with Crippen LogP contribution >= 0.6 is 22.9 Å². The molecular formula is C20H13ClF3NO3S2. The molecule has 1 N–H and O–H groups in total. The summed E-state index contributed by atoms with van der Waals surface area (Å²) in [5.74, 6) is -0.937. The molecule has 2 heterocycles. The minimum Gasteiger partial charge on any atom is -0.324 e. The maximum absolute atomic E-state index is 13.1. The van der Waals surface area contributed by atoms with Crippen molar-refractivity contribution in [2.45, 2.75) is 28.3 Å². The Kier molecular flexibility index (Phi) is 5.16. The van der Waals surface area contributed by atoms with Gasteiger partial charge in [-0.15, -0.1) is 11.3 Å². The second kappa shape index (κ2) is 7.40. The van der Waals surface area contributed by atoms with Gasteiger partial charge in [-0.3, -0.25) is 4.79 Å². The Labute approximate surface area is 179 Å². The summed E-state index contributed by atoms with van der Waals surface area (Å²) in [6.45, 7) is 0. The molecule has 0 aliphatic carbocycles. The predicted octanol–water partition coefficient (Wildman–Crippen LogP) is 5.73. The van der Waals surface area contributed by atoms with Crippen LogP contribution in [0.3, 0.4) is 0 Å². The van der Waals surface area contributed by atoms with E-state index in [-0.39, 0.29) is 21.9 Å². The largest absolute Gasteiger partial charge is 0.416 e. The molecule has 4 nitrogen and oxygen atoms in total. The molecule has 1 amide bonds. The molecule has 0 radical (unpaired) electrons. The molecule has 30 heavy (non-hydrogen) atoms. The van der Waals surface area contributed by atoms with Crippen LogP contribution in [0.15, 0.2) is 63.7 Å². The van der Waals surface area contributed by atoms with Crippen LogP contribution in [0, 0.1) is 0 Å². The molecule has 0 spiro atoms. The summed E-state index contributed by atoms with van der Waals surface area (Å²) in [5.41, 5.74) is -0.101. The van der Waals surface area contributed by atoms with Crippen molar-refractivity contribution in [2.75, 3.05) is 5.32 Å². The number of halogens is 4. The van der Waals surface area contributed by atoms with Crippen LogP contribution in [0.4, 0.5) is 18.9 Å². The summed E-state index contributed by atoms with van der Waals surface area (Å²) in [4.78, 5) is 12.9. The summed E-state index contributed by atoms with van der Waals surface area (Å²) in [5, 5.41) is 4.45. The van der Waals surface area contributed by atoms with Gasteiger partial charge in [0.25, 0.3) is 0 Å². The fourth-order valence-corrected chi connectivity index (χ4v) is 6.35. The van der Waals surface area contributed by atoms with E-state index in [2.05, 4.69) is 5.32 Å². The summed E-state index contributed by atoms with van der Waals surface area (Å²) < 4.78 is 64.7. The number of anilines is 1. The van der Waals surface area contributed by atoms with Crippen LogP contribution in [0.25, 0.3) is 0 Å². The zero-order valence-corrected chi connectivity index (χ0v) is 17.4. The van der Waals surface area contributed by atoms with Crippen molar-refractivity contribution in [3.8, 4) is 0 Å². The van der Waals surface area contributed by atoms with Gasteiger partial charge in [-0.05, 0) is 42.0 Å². The Bertz CT molecular complexity index is 1220. The molecule has 0 fully saturated rings. The van der Waals surface area contributed by atoms with E-state index in [1.54, 1.807) is 0 Å². The SMILES string of the molecule is O=C1CC(c2ccc(C(F)(F)F)cc2)c2scc(S(=O)(=O)c3ccc(Cl)cc3)c2N1. The predicted molar refractivity (Wildman–Crippen MR) is 108 cm³/mol. The number of benzene rings is 2. The Balaban J connectivity index is 1.76. The molecule has 1 unspecified atom stereocenters. The summed E-state index contributed by atoms with van der Waals surface area (Å²) in [7, 11) is -3.92. The number of fused-ring (bicyclic) bond motifs is 1. The Morgan fingerprint density at radius 3 is 2.27 bits per heavy atom. The van der Waals surface area contributed by atoms with Crippen LogP contribution in [0.5, 0.6) is 0 Å². The van der Waals surface area contributed by atoms with E-state index in [4.69, 9.17) is 11.6 Å². The van der Waals surface area contributed by atoms with Gasteiger partial charge in [0.2, 0.25) is 15.7 Å². The van der Waals surface area contributed by atoms with E-state index in [1.165, 1.54) is 41.8 Å². The van der Waals surface area contributed by atoms with Crippen molar-refractivity contribution in [3.05, 3.63) is 74.9 Å². The lowest BCUT2D eigenvalue weighted by Crippen LogP contribution is -2.23. The number of hydrogen-bond acceptors (Lipinski definition) is 4. The smallest absolute Gasteiger partial charge is 0.324 e. The number of amides is 1. The van der Waals surface area contributed by atoms with Gasteiger partial charge in [0.15, 0.2) is 0 Å². The number of hydrogen-bond donors (Lipinski definition) is 1. The first kappa shape index (κ1) is 20.9. The maximum Gasteiger partial charge on any atom is 0.416 e. The highest BCUT2D eigenvalue weighted by Gasteiger charge is 2.35. The molecule has 0 saturated heterocycles. The highest BCUT2D eigenvalue weighted by Crippen LogP contribution is 2.46. The molecule has 3 aromatic rings. The normalized spacial score (nSPS) is 16.8. The van der Waals surface area contributed by atoms with Gasteiger partial charge in [0.1, 0.15) is 4.90 Å². The van der Waals surface area contributed by atoms with Crippen LogP contribution in [-0.2, 0) is 20.8 Å². The molecule has 1 aliphatic rings. The number of nitrogens with one attached hydrogen (secondary N) is 1. The van der Waals surface area contributed by atoms with Crippen molar-refractivity contribution < 1.29 is 26.4 Å². The molecule has 1 aliphatic heterocycles. The van der Waals surface area contributed by atoms with Gasteiger partial charge in [-0.2, -0.15) is 13.2 Å². The second-order valence-corrected chi connectivity index (χ2v) is 9.99. The van der Waals surface area contributed by atoms with Crippen LogP contribution in [-0.4, -0.2) is 14.3 Å². The van der Waals surface area contributed by atoms with Crippen LogP contribution < -0.4 is 5.32 Å². The first-order valence-corrected chi connectivity index (χ1v) is 11.4. The third kappa shape index (κ3) is 3.73. The number of carbonyl (C=O) groups excluding carboxylic acids is 1. The van der Waals surface area contributed by atoms with E-state index in [0.29, 0.717) is 15.5 Å². The fourth-order valence-electron chi connectivity index (χ4n) is 3.32. The molecule has 156 valence electrons. The lowest BCUT2D eigenvalue weighted by Gasteiger charge is -2.24. The topological polar surface area (TPSA) is 63.2 Å². The number of carbonyl (C=O) groups is 1. The van der Waals surface area contributed by atoms with E-state index in [1.807, 2.05) is 0 Å². The molecule has 4 rings (SSSR count). The summed E-state index contributed by atoms with van der Waals surface area (Å²) >= 11 is 6.98. The summed E-state index contributed by atoms with van der Waals surface area (Å²) in [6, 6.07) is 10.2. The van der Waals surface area contributed by atoms with E-state index in [9.17, 15) is 26.4 Å². The van der Waals surface area contributed by atoms with Crippen LogP contribution in [0.1, 0.15) is 28.3 Å². The highest BCUT2D eigenvalue weighted by atomic mass is 35.5. The lowest BCUT2D eigenvalue weighted by atomic mass is 9.90. The van der Waals surface area contributed by atoms with Crippen molar-refractivity contribution in [1.82, 2.24) is 0 Å². The van der Waals surface area contributed by atoms with E-state index in [0.717, 1.165) is 23.5 Å². The number of sulfone groups is 1. The zero-order chi connectivity index (χ0) is 21.7. The summed E-state index contributed by atoms with van der Waals surface area (Å²) in [6.07, 6.45) is -4.45. The minimum atomic E-state index is -4.46. The molecule has 0 bridgehead atoms. The molecule has 0 saturated carbocycles. The van der Waals surface area contributed by atoms with Crippen molar-refractivity contribution >= 4 is 44.4 Å². The molecular weight excluding hydrogens is 459 g/mol. The third-order valence-electron chi connectivity index (χ3n) is 4.81. The second-order valence-electron chi connectivity index (χ2n) is 6.72. The zero-order valence-electron chi connectivity index (χ0n) is 15.0. The number of alkyl halides is 3. The van der Waals surface area contributed by atoms with Crippen molar-refractivity contribution in [2.24, 2.45) is 0 Å². The van der Waals surface area contributed by atoms with Gasteiger partial charge < -0.3 is 5.32 Å². The molecule has 1 atom stereocenters. The van der Waals surface area contributed by atoms with Gasteiger partial charge in [0, 0.05) is 27.6 Å². The monoisotopic (exact) mass is 471 g/mol. The average molecular weight is 472 g/mol. The fraction of sp³-hybridized carbons (Fsp3) is 0.150. The number of rotatable bonds is 3. The van der Waals surface area contributed by atoms with E-state index < -0.39 is 33.4 Å². The Morgan fingerprint density at radius 1 is 1.03 bits per heavy atom.